The Balaban J connectivity index is 2.22. The van der Waals surface area contributed by atoms with Crippen molar-refractivity contribution in [3.05, 3.63) is 35.9 Å². The number of rotatable bonds is 3. The maximum Gasteiger partial charge on any atom is 0.228 e. The quantitative estimate of drug-likeness (QED) is 0.895. The zero-order valence-corrected chi connectivity index (χ0v) is 13.6. The summed E-state index contributed by atoms with van der Waals surface area (Å²) in [6.45, 7) is 8.47. The van der Waals surface area contributed by atoms with Crippen LogP contribution < -0.4 is 11.1 Å². The summed E-state index contributed by atoms with van der Waals surface area (Å²) in [5, 5.41) is 3.27. The Kier molecular flexibility index (Phi) is 4.43. The van der Waals surface area contributed by atoms with Crippen LogP contribution in [0.25, 0.3) is 0 Å². The average molecular weight is 288 g/mol. The highest BCUT2D eigenvalue weighted by molar-refractivity contribution is 5.84. The molecule has 0 aromatic heterocycles. The number of hydrogen-bond donors (Lipinski definition) is 2. The van der Waals surface area contributed by atoms with E-state index < -0.39 is 5.41 Å². The summed E-state index contributed by atoms with van der Waals surface area (Å²) < 4.78 is 0. The summed E-state index contributed by atoms with van der Waals surface area (Å²) in [6, 6.07) is 10.1. The van der Waals surface area contributed by atoms with E-state index in [0.717, 1.165) is 24.8 Å². The van der Waals surface area contributed by atoms with Crippen molar-refractivity contribution in [2.75, 3.05) is 0 Å². The molecule has 1 aromatic rings. The molecule has 3 heteroatoms. The zero-order valence-electron chi connectivity index (χ0n) is 13.6. The maximum atomic E-state index is 12.8. The molecular formula is C18H28N2O. The molecule has 3 nitrogen and oxygen atoms in total. The molecule has 1 aliphatic carbocycles. The number of benzene rings is 1. The van der Waals surface area contributed by atoms with Crippen molar-refractivity contribution in [1.82, 2.24) is 5.32 Å². The summed E-state index contributed by atoms with van der Waals surface area (Å²) in [6.07, 6.45) is 2.86. The van der Waals surface area contributed by atoms with Crippen molar-refractivity contribution in [2.24, 2.45) is 16.6 Å². The number of amides is 1. The van der Waals surface area contributed by atoms with E-state index in [4.69, 9.17) is 5.73 Å². The Morgan fingerprint density at radius 1 is 1.33 bits per heavy atom. The molecule has 3 atom stereocenters. The number of carbonyl (C=O) groups excluding carboxylic acids is 1. The third-order valence-corrected chi connectivity index (χ3v) is 4.82. The number of hydrogen-bond acceptors (Lipinski definition) is 2. The van der Waals surface area contributed by atoms with Crippen LogP contribution in [0.15, 0.2) is 30.3 Å². The van der Waals surface area contributed by atoms with Gasteiger partial charge in [-0.2, -0.15) is 0 Å². The van der Waals surface area contributed by atoms with E-state index in [0.29, 0.717) is 0 Å². The highest BCUT2D eigenvalue weighted by atomic mass is 16.2. The number of carbonyl (C=O) groups is 1. The van der Waals surface area contributed by atoms with Gasteiger partial charge in [0.1, 0.15) is 0 Å². The van der Waals surface area contributed by atoms with Gasteiger partial charge in [-0.1, -0.05) is 57.5 Å². The lowest BCUT2D eigenvalue weighted by atomic mass is 9.79. The second-order valence-electron chi connectivity index (χ2n) is 7.60. The number of nitrogens with one attached hydrogen (secondary N) is 1. The molecule has 1 fully saturated rings. The van der Waals surface area contributed by atoms with Gasteiger partial charge in [0.2, 0.25) is 5.91 Å². The van der Waals surface area contributed by atoms with Gasteiger partial charge in [0, 0.05) is 6.04 Å². The molecule has 0 aliphatic heterocycles. The van der Waals surface area contributed by atoms with E-state index in [1.165, 1.54) is 0 Å². The molecule has 116 valence electrons. The third-order valence-electron chi connectivity index (χ3n) is 4.82. The molecule has 3 unspecified atom stereocenters. The first-order chi connectivity index (χ1) is 9.75. The molecule has 0 heterocycles. The van der Waals surface area contributed by atoms with E-state index in [-0.39, 0.29) is 23.4 Å². The summed E-state index contributed by atoms with van der Waals surface area (Å²) >= 11 is 0. The van der Waals surface area contributed by atoms with Crippen LogP contribution in [0, 0.1) is 10.8 Å². The van der Waals surface area contributed by atoms with Crippen LogP contribution in [0.3, 0.4) is 0 Å². The summed E-state index contributed by atoms with van der Waals surface area (Å²) in [4.78, 5) is 12.8. The molecule has 0 saturated heterocycles. The fourth-order valence-corrected chi connectivity index (χ4v) is 3.22. The Labute approximate surface area is 128 Å². The molecule has 1 aromatic carbocycles. The second kappa shape index (κ2) is 5.80. The Hall–Kier alpha value is -1.35. The summed E-state index contributed by atoms with van der Waals surface area (Å²) in [7, 11) is 0. The molecule has 1 saturated carbocycles. The SMILES string of the molecule is CC(C)(C)C(NC(=O)C1(C)CCCC1N)c1ccccc1. The van der Waals surface area contributed by atoms with Crippen LogP contribution in [0.1, 0.15) is 58.6 Å². The average Bonchev–Trinajstić information content (AvgIpc) is 2.76. The molecule has 0 spiro atoms. The Bertz CT molecular complexity index is 492. The van der Waals surface area contributed by atoms with Gasteiger partial charge in [0.05, 0.1) is 11.5 Å². The first-order valence-electron chi connectivity index (χ1n) is 7.86. The van der Waals surface area contributed by atoms with Crippen molar-refractivity contribution in [2.45, 2.75) is 59.0 Å². The van der Waals surface area contributed by atoms with Crippen LogP contribution in [0.2, 0.25) is 0 Å². The van der Waals surface area contributed by atoms with E-state index >= 15 is 0 Å². The Morgan fingerprint density at radius 2 is 1.95 bits per heavy atom. The van der Waals surface area contributed by atoms with Gasteiger partial charge >= 0.3 is 0 Å². The first kappa shape index (κ1) is 16.0. The molecule has 0 radical (unpaired) electrons. The topological polar surface area (TPSA) is 55.1 Å². The van der Waals surface area contributed by atoms with Gasteiger partial charge in [-0.3, -0.25) is 4.79 Å². The largest absolute Gasteiger partial charge is 0.348 e. The van der Waals surface area contributed by atoms with Crippen LogP contribution in [0.4, 0.5) is 0 Å². The molecule has 3 N–H and O–H groups in total. The standard InChI is InChI=1S/C18H28N2O/c1-17(2,3)15(13-9-6-5-7-10-13)20-16(21)18(4)12-8-11-14(18)19/h5-7,9-10,14-15H,8,11-12,19H2,1-4H3,(H,20,21). The van der Waals surface area contributed by atoms with Gasteiger partial charge < -0.3 is 11.1 Å². The molecule has 2 rings (SSSR count). The van der Waals surface area contributed by atoms with Crippen molar-refractivity contribution in [3.63, 3.8) is 0 Å². The fourth-order valence-electron chi connectivity index (χ4n) is 3.22. The smallest absolute Gasteiger partial charge is 0.228 e. The maximum absolute atomic E-state index is 12.8. The third kappa shape index (κ3) is 3.29. The number of nitrogens with two attached hydrogens (primary N) is 1. The summed E-state index contributed by atoms with van der Waals surface area (Å²) in [5.41, 5.74) is 6.85. The predicted octanol–water partition coefficient (Wildman–Crippen LogP) is 3.41. The van der Waals surface area contributed by atoms with Crippen LogP contribution in [-0.4, -0.2) is 11.9 Å². The molecule has 0 bridgehead atoms. The minimum Gasteiger partial charge on any atom is -0.348 e. The van der Waals surface area contributed by atoms with Crippen LogP contribution >= 0.6 is 0 Å². The van der Waals surface area contributed by atoms with Gasteiger partial charge in [-0.15, -0.1) is 0 Å². The van der Waals surface area contributed by atoms with E-state index in [1.807, 2.05) is 25.1 Å². The van der Waals surface area contributed by atoms with Crippen molar-refractivity contribution in [3.8, 4) is 0 Å². The highest BCUT2D eigenvalue weighted by Gasteiger charge is 2.44. The van der Waals surface area contributed by atoms with Crippen LogP contribution in [0.5, 0.6) is 0 Å². The van der Waals surface area contributed by atoms with Crippen molar-refractivity contribution in [1.29, 1.82) is 0 Å². The van der Waals surface area contributed by atoms with Gasteiger partial charge in [-0.05, 0) is 30.7 Å². The van der Waals surface area contributed by atoms with Gasteiger partial charge in [0.15, 0.2) is 0 Å². The minimum atomic E-state index is -0.432. The highest BCUT2D eigenvalue weighted by Crippen LogP contribution is 2.39. The lowest BCUT2D eigenvalue weighted by molar-refractivity contribution is -0.132. The second-order valence-corrected chi connectivity index (χ2v) is 7.60. The van der Waals surface area contributed by atoms with E-state index in [1.54, 1.807) is 0 Å². The normalized spacial score (nSPS) is 27.4. The van der Waals surface area contributed by atoms with Crippen molar-refractivity contribution < 1.29 is 4.79 Å². The van der Waals surface area contributed by atoms with Gasteiger partial charge in [0.25, 0.3) is 0 Å². The predicted molar refractivity (Wildman–Crippen MR) is 86.7 cm³/mol. The van der Waals surface area contributed by atoms with Crippen LogP contribution in [-0.2, 0) is 4.79 Å². The van der Waals surface area contributed by atoms with Crippen molar-refractivity contribution >= 4 is 5.91 Å². The monoisotopic (exact) mass is 288 g/mol. The minimum absolute atomic E-state index is 0.00387. The molecule has 21 heavy (non-hydrogen) atoms. The Morgan fingerprint density at radius 3 is 2.43 bits per heavy atom. The zero-order chi connectivity index (χ0) is 15.7. The van der Waals surface area contributed by atoms with Gasteiger partial charge in [-0.25, -0.2) is 0 Å². The first-order valence-corrected chi connectivity index (χ1v) is 7.86. The molecule has 1 amide bonds. The molecule has 1 aliphatic rings. The fraction of sp³-hybridized carbons (Fsp3) is 0.611. The van der Waals surface area contributed by atoms with E-state index in [9.17, 15) is 4.79 Å². The lowest BCUT2D eigenvalue weighted by Crippen LogP contribution is -2.50. The van der Waals surface area contributed by atoms with E-state index in [2.05, 4.69) is 38.2 Å². The lowest BCUT2D eigenvalue weighted by Gasteiger charge is -2.36. The molecular weight excluding hydrogens is 260 g/mol. The summed E-state index contributed by atoms with van der Waals surface area (Å²) in [5.74, 6) is 0.0938.